The Morgan fingerprint density at radius 3 is 2.65 bits per heavy atom. The third-order valence-electron chi connectivity index (χ3n) is 5.91. The van der Waals surface area contributed by atoms with Crippen LogP contribution in [0.4, 0.5) is 0 Å². The number of aromatic nitrogens is 4. The summed E-state index contributed by atoms with van der Waals surface area (Å²) in [6.07, 6.45) is 5.50. The maximum absolute atomic E-state index is 4.61. The lowest BCUT2D eigenvalue weighted by Gasteiger charge is -2.33. The second-order valence-corrected chi connectivity index (χ2v) is 8.02. The quantitative estimate of drug-likeness (QED) is 0.521. The number of nitrogens with zero attached hydrogens (tertiary/aromatic N) is 4. The van der Waals surface area contributed by atoms with E-state index in [1.165, 1.54) is 5.56 Å². The van der Waals surface area contributed by atoms with Crippen LogP contribution < -0.4 is 5.32 Å². The van der Waals surface area contributed by atoms with Gasteiger partial charge in [0.1, 0.15) is 0 Å². The van der Waals surface area contributed by atoms with E-state index in [1.807, 2.05) is 36.7 Å². The SMILES string of the molecule is CC1CNCCN1Cc1ccc(-c2cc(-c3cn[nH]c3-c3ccccn3)ccn2)cc1. The summed E-state index contributed by atoms with van der Waals surface area (Å²) in [5.41, 5.74) is 7.28. The van der Waals surface area contributed by atoms with E-state index in [4.69, 9.17) is 0 Å². The number of hydrogen-bond acceptors (Lipinski definition) is 5. The number of H-pyrrole nitrogens is 1. The number of aromatic amines is 1. The van der Waals surface area contributed by atoms with Gasteiger partial charge in [0.05, 0.1) is 23.3 Å². The van der Waals surface area contributed by atoms with Gasteiger partial charge in [-0.2, -0.15) is 5.10 Å². The average Bonchev–Trinajstić information content (AvgIpc) is 3.32. The van der Waals surface area contributed by atoms with Crippen molar-refractivity contribution in [2.45, 2.75) is 19.5 Å². The first-order chi connectivity index (χ1) is 15.3. The number of pyridine rings is 2. The molecule has 156 valence electrons. The molecule has 0 spiro atoms. The third kappa shape index (κ3) is 4.26. The molecule has 0 bridgehead atoms. The number of hydrogen-bond donors (Lipinski definition) is 2. The molecule has 31 heavy (non-hydrogen) atoms. The van der Waals surface area contributed by atoms with Crippen molar-refractivity contribution < 1.29 is 0 Å². The van der Waals surface area contributed by atoms with Gasteiger partial charge < -0.3 is 5.32 Å². The van der Waals surface area contributed by atoms with Crippen molar-refractivity contribution in [2.24, 2.45) is 0 Å². The molecule has 1 fully saturated rings. The van der Waals surface area contributed by atoms with Gasteiger partial charge in [0.2, 0.25) is 0 Å². The van der Waals surface area contributed by atoms with Crippen molar-refractivity contribution in [2.75, 3.05) is 19.6 Å². The summed E-state index contributed by atoms with van der Waals surface area (Å²) in [7, 11) is 0. The minimum absolute atomic E-state index is 0.565. The van der Waals surface area contributed by atoms with Crippen molar-refractivity contribution in [1.82, 2.24) is 30.4 Å². The Bertz CT molecular complexity index is 1140. The molecule has 1 atom stereocenters. The molecular formula is C25H26N6. The highest BCUT2D eigenvalue weighted by molar-refractivity contribution is 5.80. The van der Waals surface area contributed by atoms with E-state index in [-0.39, 0.29) is 0 Å². The Labute approximate surface area is 182 Å². The first-order valence-electron chi connectivity index (χ1n) is 10.7. The fourth-order valence-electron chi connectivity index (χ4n) is 4.10. The molecule has 1 aliphatic rings. The zero-order valence-electron chi connectivity index (χ0n) is 17.6. The zero-order chi connectivity index (χ0) is 21.0. The summed E-state index contributed by atoms with van der Waals surface area (Å²) in [5.74, 6) is 0. The van der Waals surface area contributed by atoms with Crippen molar-refractivity contribution in [3.05, 3.63) is 78.8 Å². The van der Waals surface area contributed by atoms with E-state index >= 15 is 0 Å². The summed E-state index contributed by atoms with van der Waals surface area (Å²) in [4.78, 5) is 11.6. The summed E-state index contributed by atoms with van der Waals surface area (Å²) in [5, 5.41) is 10.8. The Hall–Kier alpha value is -3.35. The summed E-state index contributed by atoms with van der Waals surface area (Å²) < 4.78 is 0. The predicted octanol–water partition coefficient (Wildman–Crippen LogP) is 3.99. The largest absolute Gasteiger partial charge is 0.314 e. The molecule has 0 saturated carbocycles. The molecule has 6 nitrogen and oxygen atoms in total. The topological polar surface area (TPSA) is 69.7 Å². The Balaban J connectivity index is 1.38. The van der Waals surface area contributed by atoms with E-state index < -0.39 is 0 Å². The van der Waals surface area contributed by atoms with Crippen LogP contribution in [0.15, 0.2) is 73.2 Å². The number of piperazine rings is 1. The fourth-order valence-corrected chi connectivity index (χ4v) is 4.10. The molecular weight excluding hydrogens is 384 g/mol. The summed E-state index contributed by atoms with van der Waals surface area (Å²) >= 11 is 0. The van der Waals surface area contributed by atoms with Crippen molar-refractivity contribution in [1.29, 1.82) is 0 Å². The van der Waals surface area contributed by atoms with E-state index in [2.05, 4.69) is 67.6 Å². The minimum Gasteiger partial charge on any atom is -0.314 e. The normalized spacial score (nSPS) is 17.0. The second kappa shape index (κ2) is 8.79. The van der Waals surface area contributed by atoms with Crippen LogP contribution in [0.2, 0.25) is 0 Å². The maximum atomic E-state index is 4.61. The van der Waals surface area contributed by atoms with Gasteiger partial charge >= 0.3 is 0 Å². The van der Waals surface area contributed by atoms with E-state index in [9.17, 15) is 0 Å². The molecule has 4 aromatic rings. The Morgan fingerprint density at radius 2 is 1.84 bits per heavy atom. The standard InChI is InChI=1S/C25H26N6/c1-18-15-26-12-13-31(18)17-19-5-7-20(8-6-19)24-14-21(9-11-28-24)22-16-29-30-25(22)23-4-2-3-10-27-23/h2-11,14,16,18,26H,12-13,15,17H2,1H3,(H,29,30). The molecule has 0 aliphatic carbocycles. The van der Waals surface area contributed by atoms with Gasteiger partial charge in [-0.1, -0.05) is 30.3 Å². The van der Waals surface area contributed by atoms with Gasteiger partial charge in [0, 0.05) is 55.7 Å². The number of rotatable bonds is 5. The fraction of sp³-hybridized carbons (Fsp3) is 0.240. The Morgan fingerprint density at radius 1 is 0.968 bits per heavy atom. The van der Waals surface area contributed by atoms with Crippen LogP contribution >= 0.6 is 0 Å². The van der Waals surface area contributed by atoms with Crippen molar-refractivity contribution in [3.8, 4) is 33.8 Å². The summed E-state index contributed by atoms with van der Waals surface area (Å²) in [6.45, 7) is 6.48. The van der Waals surface area contributed by atoms with Crippen molar-refractivity contribution >= 4 is 0 Å². The van der Waals surface area contributed by atoms with E-state index in [0.29, 0.717) is 6.04 Å². The minimum atomic E-state index is 0.565. The molecule has 0 radical (unpaired) electrons. The molecule has 1 aromatic carbocycles. The van der Waals surface area contributed by atoms with Crippen LogP contribution in [0, 0.1) is 0 Å². The molecule has 1 saturated heterocycles. The monoisotopic (exact) mass is 410 g/mol. The lowest BCUT2D eigenvalue weighted by atomic mass is 10.0. The van der Waals surface area contributed by atoms with Crippen molar-refractivity contribution in [3.63, 3.8) is 0 Å². The van der Waals surface area contributed by atoms with Crippen LogP contribution in [0.25, 0.3) is 33.8 Å². The van der Waals surface area contributed by atoms with Gasteiger partial charge in [0.15, 0.2) is 0 Å². The molecule has 3 aromatic heterocycles. The van der Waals surface area contributed by atoms with Crippen LogP contribution in [-0.4, -0.2) is 50.7 Å². The molecule has 1 aliphatic heterocycles. The predicted molar refractivity (Wildman–Crippen MR) is 123 cm³/mol. The van der Waals surface area contributed by atoms with Gasteiger partial charge in [-0.3, -0.25) is 20.0 Å². The van der Waals surface area contributed by atoms with E-state index in [1.54, 1.807) is 6.20 Å². The molecule has 6 heteroatoms. The average molecular weight is 411 g/mol. The second-order valence-electron chi connectivity index (χ2n) is 8.02. The zero-order valence-corrected chi connectivity index (χ0v) is 17.6. The molecule has 1 unspecified atom stereocenters. The molecule has 0 amide bonds. The summed E-state index contributed by atoms with van der Waals surface area (Å²) in [6, 6.07) is 19.3. The van der Waals surface area contributed by atoms with Crippen LogP contribution in [0.5, 0.6) is 0 Å². The van der Waals surface area contributed by atoms with E-state index in [0.717, 1.165) is 60.0 Å². The highest BCUT2D eigenvalue weighted by Crippen LogP contribution is 2.31. The van der Waals surface area contributed by atoms with Crippen LogP contribution in [0.1, 0.15) is 12.5 Å². The van der Waals surface area contributed by atoms with Gasteiger partial charge in [-0.05, 0) is 42.3 Å². The van der Waals surface area contributed by atoms with Gasteiger partial charge in [-0.25, -0.2) is 0 Å². The number of benzene rings is 1. The Kier molecular flexibility index (Phi) is 5.56. The highest BCUT2D eigenvalue weighted by Gasteiger charge is 2.18. The number of nitrogens with one attached hydrogen (secondary N) is 2. The first kappa shape index (κ1) is 19.6. The van der Waals surface area contributed by atoms with Crippen LogP contribution in [0.3, 0.4) is 0 Å². The molecule has 4 heterocycles. The third-order valence-corrected chi connectivity index (χ3v) is 5.91. The molecule has 2 N–H and O–H groups in total. The van der Waals surface area contributed by atoms with Crippen LogP contribution in [-0.2, 0) is 6.54 Å². The molecule has 5 rings (SSSR count). The van der Waals surface area contributed by atoms with Gasteiger partial charge in [0.25, 0.3) is 0 Å². The lowest BCUT2D eigenvalue weighted by Crippen LogP contribution is -2.49. The van der Waals surface area contributed by atoms with Gasteiger partial charge in [-0.15, -0.1) is 0 Å². The first-order valence-corrected chi connectivity index (χ1v) is 10.7. The lowest BCUT2D eigenvalue weighted by molar-refractivity contribution is 0.165. The smallest absolute Gasteiger partial charge is 0.0912 e. The maximum Gasteiger partial charge on any atom is 0.0912 e. The highest BCUT2D eigenvalue weighted by atomic mass is 15.2.